The molecule has 6 heterocycles. The molecule has 8 aromatic rings. The molecule has 0 aliphatic heterocycles. The Balaban J connectivity index is 0.000000178. The molecule has 3 amide bonds. The Morgan fingerprint density at radius 3 is 1.32 bits per heavy atom. The monoisotopic (exact) mass is 867 g/mol. The van der Waals surface area contributed by atoms with Crippen molar-refractivity contribution < 1.29 is 23.2 Å². The van der Waals surface area contributed by atoms with Gasteiger partial charge in [0.25, 0.3) is 11.8 Å². The van der Waals surface area contributed by atoms with Gasteiger partial charge in [0.1, 0.15) is 11.2 Å². The highest BCUT2D eigenvalue weighted by Gasteiger charge is 2.18. The van der Waals surface area contributed by atoms with Crippen molar-refractivity contribution in [2.24, 2.45) is 0 Å². The highest BCUT2D eigenvalue weighted by Crippen LogP contribution is 2.29. The molecule has 302 valence electrons. The highest BCUT2D eigenvalue weighted by molar-refractivity contribution is 7.16. The summed E-state index contributed by atoms with van der Waals surface area (Å²) in [4.78, 5) is 73.5. The van der Waals surface area contributed by atoms with E-state index in [0.29, 0.717) is 43.9 Å². The summed E-state index contributed by atoms with van der Waals surface area (Å²) in [5.41, 5.74) is 4.25. The first-order valence-electron chi connectivity index (χ1n) is 17.7. The first-order valence-corrected chi connectivity index (χ1v) is 20.9. The van der Waals surface area contributed by atoms with Crippen LogP contribution >= 0.6 is 45.7 Å². The van der Waals surface area contributed by atoms with Crippen molar-refractivity contribution in [3.63, 3.8) is 0 Å². The molecule has 0 bridgehead atoms. The van der Waals surface area contributed by atoms with Crippen molar-refractivity contribution in [2.75, 3.05) is 24.7 Å². The minimum Gasteiger partial charge on any atom is -0.451 e. The molecular weight excluding hydrogens is 831 g/mol. The van der Waals surface area contributed by atoms with Crippen molar-refractivity contribution in [3.05, 3.63) is 125 Å². The summed E-state index contributed by atoms with van der Waals surface area (Å²) < 4.78 is 19.8. The Bertz CT molecular complexity index is 2780. The van der Waals surface area contributed by atoms with Gasteiger partial charge in [0.2, 0.25) is 16.7 Å². The van der Waals surface area contributed by atoms with Crippen LogP contribution in [0.15, 0.2) is 79.1 Å². The largest absolute Gasteiger partial charge is 0.451 e. The highest BCUT2D eigenvalue weighted by atomic mass is 32.1. The van der Waals surface area contributed by atoms with E-state index in [-0.39, 0.29) is 22.4 Å². The molecule has 0 unspecified atom stereocenters. The van der Waals surface area contributed by atoms with E-state index in [1.807, 2.05) is 65.8 Å². The third-order valence-electron chi connectivity index (χ3n) is 8.56. The molecule has 0 fully saturated rings. The predicted octanol–water partition coefficient (Wildman–Crippen LogP) is 8.81. The fraction of sp³-hybridized carbons (Fsp3) is 0.195. The van der Waals surface area contributed by atoms with Crippen LogP contribution in [-0.2, 0) is 4.79 Å². The van der Waals surface area contributed by atoms with Crippen LogP contribution in [0, 0.1) is 41.5 Å². The Labute approximate surface area is 353 Å². The first kappa shape index (κ1) is 42.4. The van der Waals surface area contributed by atoms with Gasteiger partial charge in [-0.15, -0.1) is 22.7 Å². The number of thiophene rings is 2. The van der Waals surface area contributed by atoms with Gasteiger partial charge >= 0.3 is 0 Å². The van der Waals surface area contributed by atoms with E-state index in [0.717, 1.165) is 71.2 Å². The molecule has 18 heteroatoms. The molecule has 0 radical (unpaired) electrons. The smallest absolute Gasteiger partial charge is 0.293 e. The maximum atomic E-state index is 12.5. The predicted molar refractivity (Wildman–Crippen MR) is 235 cm³/mol. The second kappa shape index (κ2) is 18.2. The molecule has 0 saturated heterocycles. The number of carbonyl (C=O) groups excluding carboxylic acids is 3. The second-order valence-corrected chi connectivity index (χ2v) is 17.5. The Morgan fingerprint density at radius 1 is 0.610 bits per heavy atom. The lowest BCUT2D eigenvalue weighted by Crippen LogP contribution is -2.15. The van der Waals surface area contributed by atoms with Gasteiger partial charge in [-0.25, -0.2) is 0 Å². The molecule has 2 aromatic carbocycles. The number of hydrogen-bond acceptors (Lipinski definition) is 15. The number of benzene rings is 2. The zero-order valence-corrected chi connectivity index (χ0v) is 36.3. The fourth-order valence-corrected chi connectivity index (χ4v) is 8.10. The van der Waals surface area contributed by atoms with Gasteiger partial charge in [0.05, 0.1) is 20.5 Å². The summed E-state index contributed by atoms with van der Waals surface area (Å²) >= 11 is 5.33. The molecule has 8 rings (SSSR count). The van der Waals surface area contributed by atoms with Gasteiger partial charge in [-0.2, -0.15) is 18.7 Å². The number of fused-ring (bicyclic) bond motifs is 2. The van der Waals surface area contributed by atoms with Crippen LogP contribution in [0.4, 0.5) is 10.3 Å². The lowest BCUT2D eigenvalue weighted by molar-refractivity contribution is -0.115. The summed E-state index contributed by atoms with van der Waals surface area (Å²) in [5.74, 6) is -0.0348. The van der Waals surface area contributed by atoms with Crippen LogP contribution < -0.4 is 21.5 Å². The molecule has 0 spiro atoms. The lowest BCUT2D eigenvalue weighted by atomic mass is 10.1. The average Bonchev–Trinajstić information content (AvgIpc) is 4.03. The third-order valence-corrected chi connectivity index (χ3v) is 11.8. The van der Waals surface area contributed by atoms with Crippen LogP contribution in [-0.4, -0.2) is 55.9 Å². The standard InChI is InChI=1S/2C19H15N3O3S2.C3H7NO/c2*1-9-6-12-13(23)8-15(25-14(12)7-10(9)2)18(24)21-19-20-17(22-27-19)16-5-4-11(3)26-16;1-4(2)3-5/h2*4-8H,1-3H3,(H,20,21,22,24);3H,1-2H3. The van der Waals surface area contributed by atoms with E-state index in [9.17, 15) is 24.0 Å². The summed E-state index contributed by atoms with van der Waals surface area (Å²) in [6.45, 7) is 11.7. The molecule has 6 aromatic heterocycles. The van der Waals surface area contributed by atoms with Crippen LogP contribution in [0.2, 0.25) is 0 Å². The van der Waals surface area contributed by atoms with Crippen molar-refractivity contribution in [3.8, 4) is 21.4 Å². The minimum atomic E-state index is -0.530. The maximum absolute atomic E-state index is 12.5. The van der Waals surface area contributed by atoms with Gasteiger partial charge < -0.3 is 13.7 Å². The summed E-state index contributed by atoms with van der Waals surface area (Å²) in [6.07, 6.45) is 0.750. The average molecular weight is 868 g/mol. The zero-order valence-electron chi connectivity index (χ0n) is 33.1. The van der Waals surface area contributed by atoms with E-state index >= 15 is 0 Å². The van der Waals surface area contributed by atoms with Crippen LogP contribution in [0.1, 0.15) is 53.1 Å². The Hall–Kier alpha value is -6.21. The SMILES string of the molecule is CN(C)C=O.Cc1ccc(-c2nsc(NC(=O)c3cc(=O)c4cc(C)c(C)cc4o3)n2)s1.Cc1ccc(-c2nsc(NC(=O)c3cc(=O)c4cc(C)c(C)cc4o3)n2)s1. The number of carbonyl (C=O) groups is 3. The molecule has 0 aliphatic rings. The van der Waals surface area contributed by atoms with E-state index in [1.165, 1.54) is 17.0 Å². The zero-order chi connectivity index (χ0) is 42.5. The normalized spacial score (nSPS) is 10.7. The van der Waals surface area contributed by atoms with Crippen molar-refractivity contribution >= 4 is 96.2 Å². The molecule has 14 nitrogen and oxygen atoms in total. The van der Waals surface area contributed by atoms with E-state index < -0.39 is 11.8 Å². The maximum Gasteiger partial charge on any atom is 0.293 e. The number of nitrogens with one attached hydrogen (secondary N) is 2. The van der Waals surface area contributed by atoms with Crippen LogP contribution in [0.25, 0.3) is 43.3 Å². The van der Waals surface area contributed by atoms with E-state index in [4.69, 9.17) is 8.83 Å². The van der Waals surface area contributed by atoms with Crippen LogP contribution in [0.5, 0.6) is 0 Å². The van der Waals surface area contributed by atoms with Crippen LogP contribution in [0.3, 0.4) is 0 Å². The number of anilines is 2. The third kappa shape index (κ3) is 10.3. The van der Waals surface area contributed by atoms with E-state index in [2.05, 4.69) is 29.3 Å². The number of aryl methyl sites for hydroxylation is 6. The number of amides is 3. The molecule has 0 saturated carbocycles. The van der Waals surface area contributed by atoms with E-state index in [1.54, 1.807) is 61.0 Å². The van der Waals surface area contributed by atoms with Gasteiger partial charge in [0, 0.05) is 59.0 Å². The number of rotatable bonds is 7. The van der Waals surface area contributed by atoms with Gasteiger partial charge in [-0.1, -0.05) is 0 Å². The quantitative estimate of drug-likeness (QED) is 0.146. The summed E-state index contributed by atoms with van der Waals surface area (Å²) in [6, 6.07) is 17.4. The number of nitrogens with zero attached hydrogens (tertiary/aromatic N) is 5. The van der Waals surface area contributed by atoms with Crippen molar-refractivity contribution in [2.45, 2.75) is 41.5 Å². The van der Waals surface area contributed by atoms with Gasteiger partial charge in [-0.05, 0) is 112 Å². The Morgan fingerprint density at radius 2 is 0.983 bits per heavy atom. The van der Waals surface area contributed by atoms with Crippen molar-refractivity contribution in [1.29, 1.82) is 0 Å². The van der Waals surface area contributed by atoms with Gasteiger partial charge in [-0.3, -0.25) is 34.6 Å². The molecule has 2 N–H and O–H groups in total. The molecule has 59 heavy (non-hydrogen) atoms. The molecular formula is C41H37N7O7S4. The number of aromatic nitrogens is 4. The lowest BCUT2D eigenvalue weighted by Gasteiger charge is -2.05. The summed E-state index contributed by atoms with van der Waals surface area (Å²) in [7, 11) is 3.38. The summed E-state index contributed by atoms with van der Waals surface area (Å²) in [5, 5.41) is 6.92. The molecule has 0 atom stereocenters. The molecule has 0 aliphatic carbocycles. The van der Waals surface area contributed by atoms with Crippen molar-refractivity contribution in [1.82, 2.24) is 23.6 Å². The topological polar surface area (TPSA) is 190 Å². The Kier molecular flexibility index (Phi) is 13.0. The minimum absolute atomic E-state index is 0.0560. The second-order valence-electron chi connectivity index (χ2n) is 13.5. The first-order chi connectivity index (χ1) is 28.1. The number of hydrogen-bond donors (Lipinski definition) is 2. The van der Waals surface area contributed by atoms with Gasteiger partial charge in [0.15, 0.2) is 34.0 Å². The fourth-order valence-electron chi connectivity index (χ4n) is 5.22.